The monoisotopic (exact) mass is 375 g/mol. The van der Waals surface area contributed by atoms with Gasteiger partial charge in [-0.15, -0.1) is 0 Å². The lowest BCUT2D eigenvalue weighted by Gasteiger charge is -2.37. The van der Waals surface area contributed by atoms with Gasteiger partial charge < -0.3 is 9.64 Å². The zero-order chi connectivity index (χ0) is 19.0. The summed E-state index contributed by atoms with van der Waals surface area (Å²) in [5, 5.41) is 9.12. The van der Waals surface area contributed by atoms with Crippen molar-refractivity contribution in [1.82, 2.24) is 4.98 Å². The third kappa shape index (κ3) is 3.43. The molecule has 5 nitrogen and oxygen atoms in total. The van der Waals surface area contributed by atoms with Crippen LogP contribution in [0.15, 0.2) is 18.5 Å². The van der Waals surface area contributed by atoms with Crippen LogP contribution in [0.2, 0.25) is 0 Å². The van der Waals surface area contributed by atoms with Gasteiger partial charge in [0.25, 0.3) is 0 Å². The van der Waals surface area contributed by atoms with E-state index in [-0.39, 0.29) is 30.5 Å². The summed E-state index contributed by atoms with van der Waals surface area (Å²) < 4.78 is 31.8. The largest absolute Gasteiger partial charge is 0.349 e. The van der Waals surface area contributed by atoms with Crippen molar-refractivity contribution in [3.63, 3.8) is 0 Å². The third-order valence-electron chi connectivity index (χ3n) is 6.15. The van der Waals surface area contributed by atoms with Gasteiger partial charge in [-0.25, -0.2) is 8.78 Å². The highest BCUT2D eigenvalue weighted by molar-refractivity contribution is 5.92. The quantitative estimate of drug-likeness (QED) is 0.695. The van der Waals surface area contributed by atoms with Crippen molar-refractivity contribution in [2.75, 3.05) is 18.1 Å². The highest BCUT2D eigenvalue weighted by Crippen LogP contribution is 2.61. The van der Waals surface area contributed by atoms with Crippen molar-refractivity contribution in [1.29, 1.82) is 5.26 Å². The lowest BCUT2D eigenvalue weighted by atomic mass is 9.69. The molecule has 3 aliphatic rings. The molecular weight excluding hydrogens is 352 g/mol. The van der Waals surface area contributed by atoms with Crippen LogP contribution in [-0.2, 0) is 9.53 Å². The van der Waals surface area contributed by atoms with Gasteiger partial charge in [0.05, 0.1) is 24.1 Å². The first-order chi connectivity index (χ1) is 13.1. The molecule has 2 saturated carbocycles. The molecule has 0 N–H and O–H groups in total. The maximum atomic E-state index is 13.7. The third-order valence-corrected chi connectivity index (χ3v) is 6.15. The van der Waals surface area contributed by atoms with Crippen molar-refractivity contribution in [3.05, 3.63) is 24.0 Å². The van der Waals surface area contributed by atoms with Gasteiger partial charge in [-0.3, -0.25) is 9.78 Å². The molecule has 1 aliphatic heterocycles. The molecule has 0 aromatic carbocycles. The zero-order valence-electron chi connectivity index (χ0n) is 15.1. The highest BCUT2D eigenvalue weighted by Gasteiger charge is 2.60. The fourth-order valence-electron chi connectivity index (χ4n) is 4.64. The first kappa shape index (κ1) is 18.3. The minimum Gasteiger partial charge on any atom is -0.349 e. The minimum absolute atomic E-state index is 0.0481. The van der Waals surface area contributed by atoms with Gasteiger partial charge >= 0.3 is 0 Å². The molecule has 1 aromatic rings. The van der Waals surface area contributed by atoms with E-state index in [0.29, 0.717) is 24.4 Å². The van der Waals surface area contributed by atoms with E-state index >= 15 is 0 Å². The Morgan fingerprint density at radius 3 is 2.63 bits per heavy atom. The molecule has 1 unspecified atom stereocenters. The molecule has 7 heteroatoms. The van der Waals surface area contributed by atoms with Crippen LogP contribution in [0.3, 0.4) is 0 Å². The number of anilines is 1. The predicted molar refractivity (Wildman–Crippen MR) is 94.2 cm³/mol. The lowest BCUT2D eigenvalue weighted by molar-refractivity contribution is -0.142. The number of halogens is 2. The number of nitrogens with zero attached hydrogens (tertiary/aromatic N) is 3. The summed E-state index contributed by atoms with van der Waals surface area (Å²) in [7, 11) is 0. The summed E-state index contributed by atoms with van der Waals surface area (Å²) in [5.41, 5.74) is 0.391. The summed E-state index contributed by atoms with van der Waals surface area (Å²) in [6, 6.07) is 3.75. The number of rotatable bonds is 8. The molecular formula is C20H23F2N3O2. The van der Waals surface area contributed by atoms with Crippen LogP contribution in [0.1, 0.15) is 44.1 Å². The van der Waals surface area contributed by atoms with Crippen LogP contribution in [0.5, 0.6) is 0 Å². The molecule has 27 heavy (non-hydrogen) atoms. The molecule has 0 amide bonds. The smallest absolute Gasteiger partial charge is 0.238 e. The Morgan fingerprint density at radius 2 is 2.04 bits per heavy atom. The second-order valence-corrected chi connectivity index (χ2v) is 7.84. The number of ketones is 1. The van der Waals surface area contributed by atoms with E-state index in [4.69, 9.17) is 10.00 Å². The van der Waals surface area contributed by atoms with Gasteiger partial charge in [-0.1, -0.05) is 0 Å². The van der Waals surface area contributed by atoms with Gasteiger partial charge in [-0.2, -0.15) is 5.26 Å². The molecule has 2 aliphatic carbocycles. The molecule has 0 bridgehead atoms. The fraction of sp³-hybridized carbons (Fsp3) is 0.650. The van der Waals surface area contributed by atoms with Gasteiger partial charge in [0.15, 0.2) is 12.0 Å². The van der Waals surface area contributed by atoms with E-state index in [9.17, 15) is 13.6 Å². The molecule has 3 fully saturated rings. The average Bonchev–Trinajstić information content (AvgIpc) is 3.61. The van der Waals surface area contributed by atoms with Crippen LogP contribution in [0, 0.1) is 28.6 Å². The minimum atomic E-state index is -2.40. The number of pyridine rings is 1. The van der Waals surface area contributed by atoms with E-state index in [2.05, 4.69) is 11.1 Å². The number of carbonyl (C=O) groups excluding carboxylic acids is 1. The van der Waals surface area contributed by atoms with Crippen LogP contribution >= 0.6 is 0 Å². The summed E-state index contributed by atoms with van der Waals surface area (Å²) in [4.78, 5) is 19.6. The van der Waals surface area contributed by atoms with Crippen molar-refractivity contribution in [2.45, 2.75) is 51.2 Å². The highest BCUT2D eigenvalue weighted by atomic mass is 19.3. The molecule has 0 spiro atoms. The Hall–Kier alpha value is -2.07. The van der Waals surface area contributed by atoms with E-state index < -0.39 is 18.1 Å². The van der Waals surface area contributed by atoms with E-state index in [1.165, 1.54) is 6.20 Å². The fourth-order valence-corrected chi connectivity index (χ4v) is 4.64. The summed E-state index contributed by atoms with van der Waals surface area (Å²) in [6.07, 6.45) is 3.65. The van der Waals surface area contributed by atoms with Gasteiger partial charge in [0.2, 0.25) is 6.43 Å². The number of aromatic nitrogens is 1. The Kier molecular flexibility index (Phi) is 4.85. The van der Waals surface area contributed by atoms with Crippen molar-refractivity contribution < 1.29 is 18.3 Å². The number of alkyl halides is 2. The molecule has 144 valence electrons. The summed E-state index contributed by atoms with van der Waals surface area (Å²) in [5.74, 6) is 0.352. The Bertz CT molecular complexity index is 744. The normalized spacial score (nSPS) is 22.9. The maximum absolute atomic E-state index is 13.7. The topological polar surface area (TPSA) is 66.2 Å². The zero-order valence-corrected chi connectivity index (χ0v) is 15.1. The predicted octanol–water partition coefficient (Wildman–Crippen LogP) is 3.54. The molecule has 2 heterocycles. The molecule has 0 radical (unpaired) electrons. The number of Topliss-reactive ketones (excluding diaryl/α,β-unsaturated/α-hetero) is 1. The van der Waals surface area contributed by atoms with E-state index in [1.807, 2.05) is 4.90 Å². The van der Waals surface area contributed by atoms with Crippen LogP contribution in [-0.4, -0.2) is 36.6 Å². The summed E-state index contributed by atoms with van der Waals surface area (Å²) in [6.45, 7) is 0.917. The number of hydrogen-bond acceptors (Lipinski definition) is 5. The first-order valence-electron chi connectivity index (χ1n) is 9.62. The number of carbonyl (C=O) groups is 1. The van der Waals surface area contributed by atoms with E-state index in [0.717, 1.165) is 25.7 Å². The van der Waals surface area contributed by atoms with Crippen molar-refractivity contribution in [2.24, 2.45) is 17.3 Å². The van der Waals surface area contributed by atoms with Crippen LogP contribution in [0.25, 0.3) is 0 Å². The number of nitriles is 1. The van der Waals surface area contributed by atoms with Gasteiger partial charge in [0, 0.05) is 24.6 Å². The maximum Gasteiger partial charge on any atom is 0.238 e. The Balaban J connectivity index is 1.63. The van der Waals surface area contributed by atoms with E-state index in [1.54, 1.807) is 12.3 Å². The molecule has 1 atom stereocenters. The number of ether oxygens (including phenoxy) is 1. The second kappa shape index (κ2) is 7.16. The van der Waals surface area contributed by atoms with Gasteiger partial charge in [0.1, 0.15) is 6.07 Å². The average molecular weight is 375 g/mol. The second-order valence-electron chi connectivity index (χ2n) is 7.84. The standard InChI is InChI=1S/C20H23F2N3O2/c21-17(22)5-6-20(14-1-2-14,15-3-4-15)18(26)19-25(7-8-27-19)16-9-13(10-23)11-24-12-16/h9,11-12,14-15,17,19H,1-8H2. The lowest BCUT2D eigenvalue weighted by Crippen LogP contribution is -2.49. The molecule has 4 rings (SSSR count). The van der Waals surface area contributed by atoms with Crippen LogP contribution < -0.4 is 4.90 Å². The SMILES string of the molecule is N#Cc1cncc(N2CCOC2C(=O)C(CCC(F)F)(C2CC2)C2CC2)c1. The Morgan fingerprint density at radius 1 is 1.33 bits per heavy atom. The first-order valence-corrected chi connectivity index (χ1v) is 9.62. The summed E-state index contributed by atoms with van der Waals surface area (Å²) >= 11 is 0. The molecule has 1 aromatic heterocycles. The molecule has 1 saturated heterocycles. The van der Waals surface area contributed by atoms with Gasteiger partial charge in [-0.05, 0) is 50.0 Å². The van der Waals surface area contributed by atoms with Crippen LogP contribution in [0.4, 0.5) is 14.5 Å². The van der Waals surface area contributed by atoms with Crippen molar-refractivity contribution in [3.8, 4) is 6.07 Å². The van der Waals surface area contributed by atoms with Crippen molar-refractivity contribution >= 4 is 11.5 Å². The Labute approximate surface area is 157 Å². The number of hydrogen-bond donors (Lipinski definition) is 0.